The third kappa shape index (κ3) is 3.12. The Bertz CT molecular complexity index is 298. The first-order valence-corrected chi connectivity index (χ1v) is 6.51. The fourth-order valence-electron chi connectivity index (χ4n) is 2.67. The lowest BCUT2D eigenvalue weighted by Crippen LogP contribution is -2.47. The Balaban J connectivity index is 1.98. The molecule has 2 rings (SSSR count). The average Bonchev–Trinajstić information content (AvgIpc) is 2.92. The molecule has 17 heavy (non-hydrogen) atoms. The van der Waals surface area contributed by atoms with Crippen LogP contribution in [-0.4, -0.2) is 40.9 Å². The van der Waals surface area contributed by atoms with Gasteiger partial charge in [-0.25, -0.2) is 4.79 Å². The van der Waals surface area contributed by atoms with Gasteiger partial charge in [0.1, 0.15) is 5.60 Å². The molecule has 2 aliphatic rings. The van der Waals surface area contributed by atoms with Crippen LogP contribution >= 0.6 is 0 Å². The van der Waals surface area contributed by atoms with Crippen LogP contribution in [0.4, 0.5) is 4.79 Å². The van der Waals surface area contributed by atoms with Crippen LogP contribution in [0.5, 0.6) is 0 Å². The van der Waals surface area contributed by atoms with Gasteiger partial charge in [0.05, 0.1) is 0 Å². The van der Waals surface area contributed by atoms with Crippen molar-refractivity contribution in [1.82, 2.24) is 4.90 Å². The molecule has 0 spiro atoms. The Morgan fingerprint density at radius 1 is 1.35 bits per heavy atom. The van der Waals surface area contributed by atoms with Gasteiger partial charge in [0.15, 0.2) is 0 Å². The number of hydrogen-bond donors (Lipinski definition) is 1. The Hall–Kier alpha value is -0.770. The highest BCUT2D eigenvalue weighted by Gasteiger charge is 2.47. The minimum atomic E-state index is -0.443. The number of piperidine rings is 1. The van der Waals surface area contributed by atoms with Gasteiger partial charge in [-0.15, -0.1) is 0 Å². The number of carbonyl (C=O) groups is 1. The van der Waals surface area contributed by atoms with E-state index < -0.39 is 5.60 Å². The normalized spacial score (nSPS) is 32.0. The standard InChI is InChI=1S/C13H23NO3/c1-13(2,3)17-12(16)14-8-10-6-9(10)7-11(14)4-5-15/h9-11,15H,4-8H2,1-3H3/t9-,10+,11+/m0/s1. The summed E-state index contributed by atoms with van der Waals surface area (Å²) in [6, 6.07) is 0.165. The van der Waals surface area contributed by atoms with Crippen LogP contribution in [-0.2, 0) is 4.74 Å². The molecule has 1 aliphatic heterocycles. The second-order valence-electron chi connectivity index (χ2n) is 6.29. The molecular formula is C13H23NO3. The highest BCUT2D eigenvalue weighted by molar-refractivity contribution is 5.69. The summed E-state index contributed by atoms with van der Waals surface area (Å²) in [7, 11) is 0. The molecule has 1 saturated heterocycles. The van der Waals surface area contributed by atoms with Crippen LogP contribution in [0, 0.1) is 11.8 Å². The van der Waals surface area contributed by atoms with Crippen molar-refractivity contribution in [3.05, 3.63) is 0 Å². The number of likely N-dealkylation sites (tertiary alicyclic amines) is 1. The van der Waals surface area contributed by atoms with Crippen molar-refractivity contribution in [1.29, 1.82) is 0 Å². The van der Waals surface area contributed by atoms with Gasteiger partial charge in [-0.3, -0.25) is 0 Å². The second kappa shape index (κ2) is 4.48. The van der Waals surface area contributed by atoms with E-state index >= 15 is 0 Å². The smallest absolute Gasteiger partial charge is 0.410 e. The molecule has 1 amide bonds. The zero-order valence-corrected chi connectivity index (χ0v) is 11.0. The van der Waals surface area contributed by atoms with Crippen LogP contribution in [0.2, 0.25) is 0 Å². The van der Waals surface area contributed by atoms with E-state index in [-0.39, 0.29) is 18.7 Å². The maximum atomic E-state index is 12.1. The molecule has 1 aliphatic carbocycles. The summed E-state index contributed by atoms with van der Waals surface area (Å²) in [4.78, 5) is 13.9. The van der Waals surface area contributed by atoms with Crippen molar-refractivity contribution in [3.8, 4) is 0 Å². The summed E-state index contributed by atoms with van der Waals surface area (Å²) in [5.74, 6) is 1.46. The maximum absolute atomic E-state index is 12.1. The van der Waals surface area contributed by atoms with Gasteiger partial charge < -0.3 is 14.7 Å². The van der Waals surface area contributed by atoms with Gasteiger partial charge in [-0.2, -0.15) is 0 Å². The molecular weight excluding hydrogens is 218 g/mol. The molecule has 98 valence electrons. The summed E-state index contributed by atoms with van der Waals surface area (Å²) in [6.07, 6.45) is 2.72. The van der Waals surface area contributed by atoms with E-state index in [1.54, 1.807) is 0 Å². The van der Waals surface area contributed by atoms with Gasteiger partial charge in [-0.05, 0) is 51.9 Å². The largest absolute Gasteiger partial charge is 0.444 e. The maximum Gasteiger partial charge on any atom is 0.410 e. The second-order valence-corrected chi connectivity index (χ2v) is 6.29. The highest BCUT2D eigenvalue weighted by Crippen LogP contribution is 2.47. The molecule has 4 heteroatoms. The molecule has 0 aromatic heterocycles. The zero-order chi connectivity index (χ0) is 12.6. The third-order valence-electron chi connectivity index (χ3n) is 3.61. The predicted molar refractivity (Wildman–Crippen MR) is 64.6 cm³/mol. The Morgan fingerprint density at radius 3 is 2.65 bits per heavy atom. The van der Waals surface area contributed by atoms with E-state index in [1.807, 2.05) is 25.7 Å². The third-order valence-corrected chi connectivity index (χ3v) is 3.61. The minimum Gasteiger partial charge on any atom is -0.444 e. The Kier molecular flexibility index (Phi) is 3.34. The molecule has 1 N–H and O–H groups in total. The van der Waals surface area contributed by atoms with Crippen molar-refractivity contribution in [2.45, 2.75) is 51.7 Å². The first-order chi connectivity index (χ1) is 7.90. The molecule has 0 aromatic rings. The van der Waals surface area contributed by atoms with Crippen LogP contribution in [0.25, 0.3) is 0 Å². The zero-order valence-electron chi connectivity index (χ0n) is 11.0. The van der Waals surface area contributed by atoms with Gasteiger partial charge in [0.2, 0.25) is 0 Å². The van der Waals surface area contributed by atoms with Crippen molar-refractivity contribution in [2.75, 3.05) is 13.2 Å². The molecule has 0 unspecified atom stereocenters. The van der Waals surface area contributed by atoms with Crippen LogP contribution in [0.3, 0.4) is 0 Å². The van der Waals surface area contributed by atoms with E-state index in [4.69, 9.17) is 9.84 Å². The predicted octanol–water partition coefficient (Wildman–Crippen LogP) is 2.01. The van der Waals surface area contributed by atoms with Gasteiger partial charge in [-0.1, -0.05) is 0 Å². The summed E-state index contributed by atoms with van der Waals surface area (Å²) in [5.41, 5.74) is -0.443. The Labute approximate surface area is 103 Å². The lowest BCUT2D eigenvalue weighted by Gasteiger charge is -2.36. The summed E-state index contributed by atoms with van der Waals surface area (Å²) in [6.45, 7) is 6.60. The molecule has 1 saturated carbocycles. The monoisotopic (exact) mass is 241 g/mol. The van der Waals surface area contributed by atoms with E-state index in [9.17, 15) is 4.79 Å². The molecule has 4 nitrogen and oxygen atoms in total. The van der Waals surface area contributed by atoms with Gasteiger partial charge >= 0.3 is 6.09 Å². The van der Waals surface area contributed by atoms with E-state index in [0.717, 1.165) is 18.9 Å². The molecule has 0 bridgehead atoms. The van der Waals surface area contributed by atoms with Crippen LogP contribution in [0.1, 0.15) is 40.0 Å². The number of carbonyl (C=O) groups excluding carboxylic acids is 1. The number of aliphatic hydroxyl groups is 1. The average molecular weight is 241 g/mol. The summed E-state index contributed by atoms with van der Waals surface area (Å²) >= 11 is 0. The topological polar surface area (TPSA) is 49.8 Å². The molecule has 1 heterocycles. The summed E-state index contributed by atoms with van der Waals surface area (Å²) < 4.78 is 5.43. The number of rotatable bonds is 2. The van der Waals surface area contributed by atoms with Gasteiger partial charge in [0.25, 0.3) is 0 Å². The van der Waals surface area contributed by atoms with Crippen LogP contribution < -0.4 is 0 Å². The number of hydrogen-bond acceptors (Lipinski definition) is 3. The van der Waals surface area contributed by atoms with E-state index in [1.165, 1.54) is 6.42 Å². The van der Waals surface area contributed by atoms with Crippen molar-refractivity contribution in [2.24, 2.45) is 11.8 Å². The fraction of sp³-hybridized carbons (Fsp3) is 0.923. The first kappa shape index (κ1) is 12.7. The van der Waals surface area contributed by atoms with Crippen molar-refractivity contribution < 1.29 is 14.6 Å². The highest BCUT2D eigenvalue weighted by atomic mass is 16.6. The molecule has 3 atom stereocenters. The number of fused-ring (bicyclic) bond motifs is 1. The number of amides is 1. The molecule has 0 radical (unpaired) electrons. The lowest BCUT2D eigenvalue weighted by atomic mass is 10.00. The summed E-state index contributed by atoms with van der Waals surface area (Å²) in [5, 5.41) is 9.07. The SMILES string of the molecule is CC(C)(C)OC(=O)N1C[C@H]2C[C@H]2C[C@H]1CCO. The minimum absolute atomic E-state index is 0.140. The van der Waals surface area contributed by atoms with Crippen LogP contribution in [0.15, 0.2) is 0 Å². The first-order valence-electron chi connectivity index (χ1n) is 6.51. The van der Waals surface area contributed by atoms with Crippen molar-refractivity contribution >= 4 is 6.09 Å². The number of nitrogens with zero attached hydrogens (tertiary/aromatic N) is 1. The molecule has 0 aromatic carbocycles. The van der Waals surface area contributed by atoms with Gasteiger partial charge in [0, 0.05) is 19.2 Å². The lowest BCUT2D eigenvalue weighted by molar-refractivity contribution is 0.00580. The molecule has 2 fully saturated rings. The Morgan fingerprint density at radius 2 is 2.06 bits per heavy atom. The quantitative estimate of drug-likeness (QED) is 0.804. The number of ether oxygens (including phenoxy) is 1. The van der Waals surface area contributed by atoms with E-state index in [2.05, 4.69) is 0 Å². The fourth-order valence-corrected chi connectivity index (χ4v) is 2.67. The number of aliphatic hydroxyl groups excluding tert-OH is 1. The van der Waals surface area contributed by atoms with E-state index in [0.29, 0.717) is 12.3 Å². The van der Waals surface area contributed by atoms with Crippen molar-refractivity contribution in [3.63, 3.8) is 0 Å².